The van der Waals surface area contributed by atoms with Crippen LogP contribution >= 0.6 is 0 Å². The molecule has 1 heterocycles. The number of hydrogen-bond donors (Lipinski definition) is 0. The van der Waals surface area contributed by atoms with Crippen molar-refractivity contribution in [1.82, 2.24) is 4.90 Å². The Bertz CT molecular complexity index is 552. The van der Waals surface area contributed by atoms with Crippen LogP contribution in [-0.4, -0.2) is 37.1 Å². The number of rotatable bonds is 6. The van der Waals surface area contributed by atoms with Gasteiger partial charge in [0.25, 0.3) is 0 Å². The lowest BCUT2D eigenvalue weighted by Crippen LogP contribution is -2.25. The van der Waals surface area contributed by atoms with Crippen LogP contribution in [0, 0.1) is 0 Å². The summed E-state index contributed by atoms with van der Waals surface area (Å²) in [5.41, 5.74) is 1.19. The molecule has 1 aromatic rings. The molecule has 1 saturated heterocycles. The molecule has 0 N–H and O–H groups in total. The fourth-order valence-electron chi connectivity index (χ4n) is 3.71. The summed E-state index contributed by atoms with van der Waals surface area (Å²) >= 11 is 0. The third kappa shape index (κ3) is 3.62. The summed E-state index contributed by atoms with van der Waals surface area (Å²) in [5, 5.41) is 0. The van der Waals surface area contributed by atoms with E-state index in [1.165, 1.54) is 18.4 Å². The van der Waals surface area contributed by atoms with E-state index in [2.05, 4.69) is 19.1 Å². The molecule has 0 unspecified atom stereocenters. The second-order valence-electron chi connectivity index (χ2n) is 6.68. The monoisotopic (exact) mass is 317 g/mol. The molecule has 4 heteroatoms. The summed E-state index contributed by atoms with van der Waals surface area (Å²) < 4.78 is 11.6. The van der Waals surface area contributed by atoms with Crippen LogP contribution in [0.1, 0.15) is 56.9 Å². The molecule has 0 aromatic heterocycles. The van der Waals surface area contributed by atoms with Crippen LogP contribution in [0.3, 0.4) is 0 Å². The van der Waals surface area contributed by atoms with E-state index in [0.717, 1.165) is 43.9 Å². The Hall–Kier alpha value is -1.71. The summed E-state index contributed by atoms with van der Waals surface area (Å²) in [6.07, 6.45) is 6.66. The van der Waals surface area contributed by atoms with Gasteiger partial charge in [0, 0.05) is 25.4 Å². The molecule has 3 rings (SSSR count). The minimum absolute atomic E-state index is 0.269. The Morgan fingerprint density at radius 1 is 1.22 bits per heavy atom. The lowest BCUT2D eigenvalue weighted by molar-refractivity contribution is -0.127. The Morgan fingerprint density at radius 3 is 2.70 bits per heavy atom. The van der Waals surface area contributed by atoms with Crippen LogP contribution in [0.4, 0.5) is 0 Å². The first-order valence-electron chi connectivity index (χ1n) is 8.83. The lowest BCUT2D eigenvalue weighted by Gasteiger charge is -2.19. The Balaban J connectivity index is 1.76. The molecule has 1 aliphatic carbocycles. The summed E-state index contributed by atoms with van der Waals surface area (Å²) in [5.74, 6) is 2.16. The number of hydrogen-bond acceptors (Lipinski definition) is 3. The summed E-state index contributed by atoms with van der Waals surface area (Å²) in [6.45, 7) is 3.79. The number of ether oxygens (including phenoxy) is 2. The maximum absolute atomic E-state index is 12.1. The van der Waals surface area contributed by atoms with Crippen LogP contribution in [0.15, 0.2) is 18.2 Å². The third-order valence-electron chi connectivity index (χ3n) is 4.96. The average molecular weight is 317 g/mol. The SMILES string of the molecule is CCCN1C[C@@H](c2ccc(OC)c(OC3CCCC3)c2)CC1=O. The molecule has 0 bridgehead atoms. The molecule has 1 saturated carbocycles. The zero-order chi connectivity index (χ0) is 16.2. The largest absolute Gasteiger partial charge is 0.493 e. The van der Waals surface area contributed by atoms with Crippen molar-refractivity contribution in [2.75, 3.05) is 20.2 Å². The standard InChI is InChI=1S/C19H27NO3/c1-3-10-20-13-15(12-19(20)21)14-8-9-17(22-2)18(11-14)23-16-6-4-5-7-16/h8-9,11,15-16H,3-7,10,12-13H2,1-2H3/t15-/m0/s1. The van der Waals surface area contributed by atoms with Gasteiger partial charge in [-0.1, -0.05) is 13.0 Å². The second kappa shape index (κ2) is 7.24. The van der Waals surface area contributed by atoms with Gasteiger partial charge in [0.15, 0.2) is 11.5 Å². The van der Waals surface area contributed by atoms with Crippen molar-refractivity contribution in [3.05, 3.63) is 23.8 Å². The van der Waals surface area contributed by atoms with Crippen LogP contribution in [-0.2, 0) is 4.79 Å². The quantitative estimate of drug-likeness (QED) is 0.802. The molecular formula is C19H27NO3. The highest BCUT2D eigenvalue weighted by Crippen LogP contribution is 2.36. The maximum atomic E-state index is 12.1. The second-order valence-corrected chi connectivity index (χ2v) is 6.68. The molecule has 0 radical (unpaired) electrons. The van der Waals surface area contributed by atoms with E-state index in [4.69, 9.17) is 9.47 Å². The first-order valence-corrected chi connectivity index (χ1v) is 8.83. The van der Waals surface area contributed by atoms with Crippen molar-refractivity contribution in [1.29, 1.82) is 0 Å². The third-order valence-corrected chi connectivity index (χ3v) is 4.96. The van der Waals surface area contributed by atoms with Crippen molar-refractivity contribution in [3.63, 3.8) is 0 Å². The smallest absolute Gasteiger partial charge is 0.223 e. The summed E-state index contributed by atoms with van der Waals surface area (Å²) in [4.78, 5) is 14.1. The fourth-order valence-corrected chi connectivity index (χ4v) is 3.71. The molecule has 1 aliphatic heterocycles. The molecule has 2 aliphatic rings. The Morgan fingerprint density at radius 2 is 2.00 bits per heavy atom. The highest BCUT2D eigenvalue weighted by molar-refractivity contribution is 5.79. The van der Waals surface area contributed by atoms with Gasteiger partial charge in [0.05, 0.1) is 13.2 Å². The number of benzene rings is 1. The van der Waals surface area contributed by atoms with E-state index in [1.807, 2.05) is 11.0 Å². The Labute approximate surface area is 138 Å². The predicted octanol–water partition coefficient (Wildman–Crippen LogP) is 3.74. The van der Waals surface area contributed by atoms with Crippen LogP contribution in [0.2, 0.25) is 0 Å². The molecule has 1 amide bonds. The number of carbonyl (C=O) groups excluding carboxylic acids is 1. The van der Waals surface area contributed by atoms with Gasteiger partial charge in [-0.25, -0.2) is 0 Å². The zero-order valence-electron chi connectivity index (χ0n) is 14.2. The number of methoxy groups -OCH3 is 1. The van der Waals surface area contributed by atoms with Gasteiger partial charge >= 0.3 is 0 Å². The van der Waals surface area contributed by atoms with Crippen molar-refractivity contribution in [2.24, 2.45) is 0 Å². The molecule has 1 atom stereocenters. The van der Waals surface area contributed by atoms with E-state index >= 15 is 0 Å². The van der Waals surface area contributed by atoms with Gasteiger partial charge in [0.1, 0.15) is 0 Å². The predicted molar refractivity (Wildman–Crippen MR) is 90.1 cm³/mol. The lowest BCUT2D eigenvalue weighted by atomic mass is 9.98. The van der Waals surface area contributed by atoms with E-state index in [0.29, 0.717) is 12.5 Å². The average Bonchev–Trinajstić information content (AvgIpc) is 3.18. The number of carbonyl (C=O) groups is 1. The van der Waals surface area contributed by atoms with Gasteiger partial charge in [0.2, 0.25) is 5.91 Å². The molecule has 126 valence electrons. The van der Waals surface area contributed by atoms with E-state index in [1.54, 1.807) is 7.11 Å². The first kappa shape index (κ1) is 16.2. The van der Waals surface area contributed by atoms with Gasteiger partial charge in [-0.05, 0) is 49.8 Å². The van der Waals surface area contributed by atoms with Crippen LogP contribution in [0.25, 0.3) is 0 Å². The number of nitrogens with zero attached hydrogens (tertiary/aromatic N) is 1. The fraction of sp³-hybridized carbons (Fsp3) is 0.632. The van der Waals surface area contributed by atoms with Gasteiger partial charge in [-0.3, -0.25) is 4.79 Å². The van der Waals surface area contributed by atoms with Gasteiger partial charge < -0.3 is 14.4 Å². The van der Waals surface area contributed by atoms with E-state index < -0.39 is 0 Å². The van der Waals surface area contributed by atoms with Crippen molar-refractivity contribution in [2.45, 2.75) is 57.5 Å². The van der Waals surface area contributed by atoms with Crippen molar-refractivity contribution < 1.29 is 14.3 Å². The molecule has 4 nitrogen and oxygen atoms in total. The van der Waals surface area contributed by atoms with E-state index in [9.17, 15) is 4.79 Å². The topological polar surface area (TPSA) is 38.8 Å². The van der Waals surface area contributed by atoms with Gasteiger partial charge in [-0.2, -0.15) is 0 Å². The van der Waals surface area contributed by atoms with Crippen LogP contribution in [0.5, 0.6) is 11.5 Å². The van der Waals surface area contributed by atoms with Crippen LogP contribution < -0.4 is 9.47 Å². The number of amides is 1. The van der Waals surface area contributed by atoms with Gasteiger partial charge in [-0.15, -0.1) is 0 Å². The molecule has 23 heavy (non-hydrogen) atoms. The molecule has 0 spiro atoms. The first-order chi connectivity index (χ1) is 11.2. The molecule has 1 aromatic carbocycles. The molecular weight excluding hydrogens is 290 g/mol. The molecule has 2 fully saturated rings. The normalized spacial score (nSPS) is 21.9. The minimum atomic E-state index is 0.269. The highest BCUT2D eigenvalue weighted by Gasteiger charge is 2.30. The zero-order valence-corrected chi connectivity index (χ0v) is 14.2. The maximum Gasteiger partial charge on any atom is 0.223 e. The Kier molecular flexibility index (Phi) is 5.09. The minimum Gasteiger partial charge on any atom is -0.493 e. The number of likely N-dealkylation sites (tertiary alicyclic amines) is 1. The summed E-state index contributed by atoms with van der Waals surface area (Å²) in [7, 11) is 1.68. The van der Waals surface area contributed by atoms with Crippen molar-refractivity contribution in [3.8, 4) is 11.5 Å². The van der Waals surface area contributed by atoms with E-state index in [-0.39, 0.29) is 11.8 Å². The summed E-state index contributed by atoms with van der Waals surface area (Å²) in [6, 6.07) is 6.14. The van der Waals surface area contributed by atoms with Crippen molar-refractivity contribution >= 4 is 5.91 Å². The highest BCUT2D eigenvalue weighted by atomic mass is 16.5.